The molecule has 0 bridgehead atoms. The average Bonchev–Trinajstić information content (AvgIpc) is 2.32. The molecule has 0 aromatic heterocycles. The lowest BCUT2D eigenvalue weighted by Crippen LogP contribution is -2.54. The van der Waals surface area contributed by atoms with E-state index in [9.17, 15) is 4.39 Å². The summed E-state index contributed by atoms with van der Waals surface area (Å²) in [5.74, 6) is 0.793. The predicted octanol–water partition coefficient (Wildman–Crippen LogP) is 7.22. The van der Waals surface area contributed by atoms with Crippen molar-refractivity contribution in [2.45, 2.75) is 80.8 Å². The molecule has 2 unspecified atom stereocenters. The van der Waals surface area contributed by atoms with Crippen LogP contribution in [-0.4, -0.2) is 6.17 Å². The van der Waals surface area contributed by atoms with E-state index >= 15 is 0 Å². The first-order chi connectivity index (χ1) is 9.90. The van der Waals surface area contributed by atoms with Gasteiger partial charge in [0.05, 0.1) is 0 Å². The van der Waals surface area contributed by atoms with E-state index in [1.807, 2.05) is 13.0 Å². The molecule has 0 nitrogen and oxygen atoms in total. The summed E-state index contributed by atoms with van der Waals surface area (Å²) in [4.78, 5) is 0. The molecule has 0 aliphatic heterocycles. The zero-order valence-corrected chi connectivity index (χ0v) is 16.3. The molecule has 130 valence electrons. The molecule has 0 N–H and O–H groups in total. The quantitative estimate of drug-likeness (QED) is 0.481. The summed E-state index contributed by atoms with van der Waals surface area (Å²) in [6, 6.07) is 0. The number of halogens is 1. The van der Waals surface area contributed by atoms with Crippen molar-refractivity contribution in [3.05, 3.63) is 25.3 Å². The smallest absolute Gasteiger partial charge is 0.101 e. The van der Waals surface area contributed by atoms with E-state index in [0.717, 1.165) is 19.3 Å². The van der Waals surface area contributed by atoms with Gasteiger partial charge in [0.2, 0.25) is 0 Å². The van der Waals surface area contributed by atoms with Crippen LogP contribution in [0.4, 0.5) is 4.39 Å². The monoisotopic (exact) mass is 310 g/mol. The lowest BCUT2D eigenvalue weighted by atomic mass is 9.45. The Morgan fingerprint density at radius 1 is 1.14 bits per heavy atom. The maximum Gasteiger partial charge on any atom is 0.101 e. The lowest BCUT2D eigenvalue weighted by molar-refractivity contribution is -0.119. The molecule has 0 amide bonds. The van der Waals surface area contributed by atoms with Gasteiger partial charge in [-0.05, 0) is 61.2 Å². The highest BCUT2D eigenvalue weighted by molar-refractivity contribution is 5.05. The molecule has 0 saturated heterocycles. The maximum absolute atomic E-state index is 14.0. The summed E-state index contributed by atoms with van der Waals surface area (Å²) in [6.45, 7) is 24.8. The molecule has 1 rings (SSSR count). The maximum atomic E-state index is 14.0. The van der Waals surface area contributed by atoms with Gasteiger partial charge in [0.15, 0.2) is 0 Å². The second-order valence-corrected chi connectivity index (χ2v) is 8.75. The Balaban J connectivity index is 0.00000135. The number of alkyl halides is 1. The topological polar surface area (TPSA) is 0 Å². The molecule has 1 heteroatoms. The van der Waals surface area contributed by atoms with Crippen LogP contribution >= 0.6 is 0 Å². The van der Waals surface area contributed by atoms with Gasteiger partial charge in [0.25, 0.3) is 0 Å². The van der Waals surface area contributed by atoms with Crippen LogP contribution in [0.5, 0.6) is 0 Å². The number of rotatable bonds is 4. The van der Waals surface area contributed by atoms with Gasteiger partial charge in [-0.1, -0.05) is 53.7 Å². The molecule has 22 heavy (non-hydrogen) atoms. The average molecular weight is 311 g/mol. The number of allylic oxidation sites excluding steroid dienone is 2. The first kappa shape index (κ1) is 21.4. The zero-order valence-electron chi connectivity index (χ0n) is 16.3. The van der Waals surface area contributed by atoms with Crippen molar-refractivity contribution in [3.8, 4) is 0 Å². The van der Waals surface area contributed by atoms with Crippen molar-refractivity contribution in [1.82, 2.24) is 0 Å². The van der Waals surface area contributed by atoms with Crippen LogP contribution in [-0.2, 0) is 0 Å². The molecule has 1 aliphatic rings. The molecule has 1 fully saturated rings. The van der Waals surface area contributed by atoms with Crippen LogP contribution < -0.4 is 0 Å². The van der Waals surface area contributed by atoms with Crippen molar-refractivity contribution >= 4 is 0 Å². The molecule has 1 aliphatic carbocycles. The van der Waals surface area contributed by atoms with E-state index in [1.54, 1.807) is 13.0 Å². The Morgan fingerprint density at radius 3 is 1.95 bits per heavy atom. The van der Waals surface area contributed by atoms with E-state index in [0.29, 0.717) is 5.92 Å². The fourth-order valence-electron chi connectivity index (χ4n) is 4.68. The van der Waals surface area contributed by atoms with Crippen LogP contribution in [0.1, 0.15) is 74.7 Å². The van der Waals surface area contributed by atoms with Gasteiger partial charge in [-0.15, -0.1) is 13.2 Å². The number of hydrogen-bond donors (Lipinski definition) is 0. The van der Waals surface area contributed by atoms with Gasteiger partial charge >= 0.3 is 0 Å². The lowest BCUT2D eigenvalue weighted by Gasteiger charge is -2.60. The molecule has 0 spiro atoms. The molecule has 0 aromatic rings. The first-order valence-corrected chi connectivity index (χ1v) is 8.72. The van der Waals surface area contributed by atoms with Gasteiger partial charge in [0, 0.05) is 0 Å². The molecule has 0 aromatic carbocycles. The highest BCUT2D eigenvalue weighted by atomic mass is 19.1. The van der Waals surface area contributed by atoms with E-state index in [2.05, 4.69) is 54.7 Å². The standard InChI is InChI=1S/C18H33F.C3H6/c1-9-12-16(3,4)15-11-10-14(13(2)19)17(5,6)18(15,7)8;1-3-2/h9,13-15H,1,10-12H2,2-8H3;3H,1H2,2H3/t13-,14?,15?;/m0./s1. The predicted molar refractivity (Wildman–Crippen MR) is 98.8 cm³/mol. The summed E-state index contributed by atoms with van der Waals surface area (Å²) in [6.07, 6.45) is 6.26. The molecule has 3 atom stereocenters. The highest BCUT2D eigenvalue weighted by Crippen LogP contribution is 2.61. The fourth-order valence-corrected chi connectivity index (χ4v) is 4.68. The molecular formula is C21H39F. The van der Waals surface area contributed by atoms with Gasteiger partial charge in [-0.25, -0.2) is 4.39 Å². The Bertz CT molecular complexity index is 360. The van der Waals surface area contributed by atoms with Gasteiger partial charge in [-0.3, -0.25) is 0 Å². The van der Waals surface area contributed by atoms with E-state index in [-0.39, 0.29) is 22.2 Å². The minimum absolute atomic E-state index is 0.0303. The van der Waals surface area contributed by atoms with E-state index < -0.39 is 6.17 Å². The van der Waals surface area contributed by atoms with Gasteiger partial charge < -0.3 is 0 Å². The molecular weight excluding hydrogens is 271 g/mol. The van der Waals surface area contributed by atoms with Crippen LogP contribution in [0.2, 0.25) is 0 Å². The van der Waals surface area contributed by atoms with Crippen molar-refractivity contribution in [1.29, 1.82) is 0 Å². The summed E-state index contributed by atoms with van der Waals surface area (Å²) < 4.78 is 14.0. The normalized spacial score (nSPS) is 28.0. The van der Waals surface area contributed by atoms with Crippen LogP contribution in [0.3, 0.4) is 0 Å². The second-order valence-electron chi connectivity index (χ2n) is 8.75. The van der Waals surface area contributed by atoms with Crippen LogP contribution in [0.25, 0.3) is 0 Å². The minimum atomic E-state index is -0.710. The first-order valence-electron chi connectivity index (χ1n) is 8.72. The summed E-state index contributed by atoms with van der Waals surface area (Å²) in [5, 5.41) is 0. The fraction of sp³-hybridized carbons (Fsp3) is 0.810. The zero-order chi connectivity index (χ0) is 17.8. The van der Waals surface area contributed by atoms with Gasteiger partial charge in [0.1, 0.15) is 6.17 Å². The second kappa shape index (κ2) is 7.79. The molecule has 0 heterocycles. The summed E-state index contributed by atoms with van der Waals surface area (Å²) in [7, 11) is 0. The minimum Gasteiger partial charge on any atom is -0.247 e. The van der Waals surface area contributed by atoms with Gasteiger partial charge in [-0.2, -0.15) is 0 Å². The van der Waals surface area contributed by atoms with Crippen molar-refractivity contribution < 1.29 is 4.39 Å². The Morgan fingerprint density at radius 2 is 1.59 bits per heavy atom. The summed E-state index contributed by atoms with van der Waals surface area (Å²) >= 11 is 0. The molecule has 1 saturated carbocycles. The SMILES string of the molecule is C=CC.C=CCC(C)(C)C1CCC([C@H](C)F)C(C)(C)C1(C)C. The third-order valence-corrected chi connectivity index (χ3v) is 6.39. The van der Waals surface area contributed by atoms with Crippen molar-refractivity contribution in [3.63, 3.8) is 0 Å². The van der Waals surface area contributed by atoms with Crippen molar-refractivity contribution in [2.24, 2.45) is 28.1 Å². The van der Waals surface area contributed by atoms with Crippen LogP contribution in [0.15, 0.2) is 25.3 Å². The Kier molecular flexibility index (Phi) is 7.58. The third kappa shape index (κ3) is 4.24. The summed E-state index contributed by atoms with van der Waals surface area (Å²) in [5.41, 5.74) is 0.415. The van der Waals surface area contributed by atoms with E-state index in [4.69, 9.17) is 0 Å². The highest BCUT2D eigenvalue weighted by Gasteiger charge is 2.55. The van der Waals surface area contributed by atoms with E-state index in [1.165, 1.54) is 0 Å². The Hall–Kier alpha value is -0.590. The third-order valence-electron chi connectivity index (χ3n) is 6.39. The van der Waals surface area contributed by atoms with Crippen LogP contribution in [0, 0.1) is 28.1 Å². The largest absolute Gasteiger partial charge is 0.247 e. The van der Waals surface area contributed by atoms with Crippen molar-refractivity contribution in [2.75, 3.05) is 0 Å². The Labute approximate surface area is 139 Å². The number of hydrogen-bond acceptors (Lipinski definition) is 0. The molecule has 0 radical (unpaired) electrons.